The van der Waals surface area contributed by atoms with Crippen molar-refractivity contribution >= 4 is 22.4 Å². The number of carbonyl (C=O) groups is 1. The molecule has 0 aliphatic carbocycles. The topological polar surface area (TPSA) is 46.9 Å². The van der Waals surface area contributed by atoms with Gasteiger partial charge in [0.15, 0.2) is 5.13 Å². The van der Waals surface area contributed by atoms with Gasteiger partial charge in [0.2, 0.25) is 0 Å². The maximum atomic E-state index is 13.7. The van der Waals surface area contributed by atoms with Crippen molar-refractivity contribution < 1.29 is 9.18 Å². The van der Waals surface area contributed by atoms with Crippen LogP contribution in [0, 0.1) is 19.7 Å². The van der Waals surface area contributed by atoms with Crippen molar-refractivity contribution in [2.45, 2.75) is 33.7 Å². The first-order chi connectivity index (χ1) is 12.0. The molecule has 130 valence electrons. The second kappa shape index (κ2) is 7.19. The third-order valence-electron chi connectivity index (χ3n) is 4.14. The number of hydrogen-bond acceptors (Lipinski definition) is 3. The van der Waals surface area contributed by atoms with E-state index in [1.54, 1.807) is 12.1 Å². The van der Waals surface area contributed by atoms with Crippen LogP contribution in [0.25, 0.3) is 11.3 Å². The molecule has 0 atom stereocenters. The first kappa shape index (κ1) is 17.4. The normalized spacial score (nSPS) is 10.9. The van der Waals surface area contributed by atoms with E-state index in [1.807, 2.05) is 5.38 Å². The number of carbonyl (C=O) groups excluding carboxylic acids is 1. The second-order valence-electron chi connectivity index (χ2n) is 5.91. The zero-order valence-corrected chi connectivity index (χ0v) is 15.3. The lowest BCUT2D eigenvalue weighted by atomic mass is 10.2. The van der Waals surface area contributed by atoms with Crippen LogP contribution in [0.3, 0.4) is 0 Å². The molecular formula is C19H20FN3OS. The highest BCUT2D eigenvalue weighted by molar-refractivity contribution is 7.14. The molecule has 3 rings (SSSR count). The summed E-state index contributed by atoms with van der Waals surface area (Å²) in [5.41, 5.74) is 4.26. The molecule has 1 N–H and O–H groups in total. The van der Waals surface area contributed by atoms with Crippen LogP contribution in [0.5, 0.6) is 0 Å². The molecular weight excluding hydrogens is 337 g/mol. The van der Waals surface area contributed by atoms with Crippen LogP contribution in [0.15, 0.2) is 35.7 Å². The van der Waals surface area contributed by atoms with Crippen molar-refractivity contribution in [1.29, 1.82) is 0 Å². The molecule has 0 radical (unpaired) electrons. The van der Waals surface area contributed by atoms with Gasteiger partial charge in [-0.1, -0.05) is 19.1 Å². The summed E-state index contributed by atoms with van der Waals surface area (Å²) in [7, 11) is 0. The third-order valence-corrected chi connectivity index (χ3v) is 4.90. The summed E-state index contributed by atoms with van der Waals surface area (Å²) in [6.45, 7) is 7.28. The molecule has 0 aliphatic rings. The minimum Gasteiger partial charge on any atom is -0.348 e. The fourth-order valence-corrected chi connectivity index (χ4v) is 3.60. The van der Waals surface area contributed by atoms with Crippen LogP contribution in [0.2, 0.25) is 0 Å². The van der Waals surface area contributed by atoms with Crippen molar-refractivity contribution in [3.63, 3.8) is 0 Å². The molecule has 2 aromatic heterocycles. The molecule has 3 aromatic rings. The number of nitrogens with zero attached hydrogens (tertiary/aromatic N) is 2. The Morgan fingerprint density at radius 1 is 1.32 bits per heavy atom. The molecule has 0 fully saturated rings. The molecule has 25 heavy (non-hydrogen) atoms. The summed E-state index contributed by atoms with van der Waals surface area (Å²) < 4.78 is 16.0. The highest BCUT2D eigenvalue weighted by Crippen LogP contribution is 2.30. The fourth-order valence-electron chi connectivity index (χ4n) is 2.89. The smallest absolute Gasteiger partial charge is 0.260 e. The van der Waals surface area contributed by atoms with Crippen molar-refractivity contribution in [3.05, 3.63) is 58.5 Å². The first-order valence-electron chi connectivity index (χ1n) is 8.19. The van der Waals surface area contributed by atoms with Crippen molar-refractivity contribution in [2.24, 2.45) is 0 Å². The van der Waals surface area contributed by atoms with Gasteiger partial charge < -0.3 is 4.57 Å². The lowest BCUT2D eigenvalue weighted by Crippen LogP contribution is -2.13. The molecule has 0 spiro atoms. The summed E-state index contributed by atoms with van der Waals surface area (Å²) >= 11 is 1.34. The Morgan fingerprint density at radius 3 is 2.80 bits per heavy atom. The first-order valence-corrected chi connectivity index (χ1v) is 9.07. The van der Waals surface area contributed by atoms with Crippen molar-refractivity contribution in [3.8, 4) is 11.3 Å². The van der Waals surface area contributed by atoms with Crippen LogP contribution in [-0.2, 0) is 6.54 Å². The standard InChI is InChI=1S/C19H20FN3OS/c1-4-9-23-12(2)10-15(13(23)3)17-11-25-19(21-17)22-18(24)14-7-5-6-8-16(14)20/h5-8,10-11H,4,9H2,1-3H3,(H,21,22,24). The molecule has 0 unspecified atom stereocenters. The zero-order chi connectivity index (χ0) is 18.0. The number of benzene rings is 1. The molecule has 2 heterocycles. The summed E-state index contributed by atoms with van der Waals surface area (Å²) in [6.07, 6.45) is 1.07. The maximum absolute atomic E-state index is 13.7. The van der Waals surface area contributed by atoms with Gasteiger partial charge in [0.05, 0.1) is 11.3 Å². The van der Waals surface area contributed by atoms with Crippen LogP contribution in [-0.4, -0.2) is 15.5 Å². The second-order valence-corrected chi connectivity index (χ2v) is 6.77. The Balaban J connectivity index is 1.83. The lowest BCUT2D eigenvalue weighted by Gasteiger charge is -2.07. The number of nitrogens with one attached hydrogen (secondary N) is 1. The fraction of sp³-hybridized carbons (Fsp3) is 0.263. The van der Waals surface area contributed by atoms with Crippen LogP contribution in [0.4, 0.5) is 9.52 Å². The van der Waals surface area contributed by atoms with Gasteiger partial charge in [0.25, 0.3) is 5.91 Å². The molecule has 0 saturated heterocycles. The van der Waals surface area contributed by atoms with E-state index >= 15 is 0 Å². The number of amides is 1. The van der Waals surface area contributed by atoms with E-state index in [2.05, 4.69) is 41.7 Å². The average molecular weight is 357 g/mol. The van der Waals surface area contributed by atoms with Gasteiger partial charge >= 0.3 is 0 Å². The maximum Gasteiger partial charge on any atom is 0.260 e. The van der Waals surface area contributed by atoms with Gasteiger partial charge in [-0.15, -0.1) is 11.3 Å². The number of hydrogen-bond donors (Lipinski definition) is 1. The summed E-state index contributed by atoms with van der Waals surface area (Å²) in [5, 5.41) is 5.05. The van der Waals surface area contributed by atoms with Gasteiger partial charge in [-0.05, 0) is 38.5 Å². The Kier molecular flexibility index (Phi) is 4.99. The zero-order valence-electron chi connectivity index (χ0n) is 14.5. The van der Waals surface area contributed by atoms with Crippen LogP contribution < -0.4 is 5.32 Å². The number of anilines is 1. The number of rotatable bonds is 5. The van der Waals surface area contributed by atoms with Gasteiger partial charge in [-0.2, -0.15) is 0 Å². The average Bonchev–Trinajstić information content (AvgIpc) is 3.15. The number of halogens is 1. The molecule has 0 aliphatic heterocycles. The number of thiazole rings is 1. The molecule has 0 saturated carbocycles. The van der Waals surface area contributed by atoms with E-state index in [9.17, 15) is 9.18 Å². The lowest BCUT2D eigenvalue weighted by molar-refractivity contribution is 0.102. The quantitative estimate of drug-likeness (QED) is 0.696. The molecule has 1 amide bonds. The highest BCUT2D eigenvalue weighted by Gasteiger charge is 2.16. The molecule has 0 bridgehead atoms. The van der Waals surface area contributed by atoms with Gasteiger partial charge in [0, 0.05) is 28.9 Å². The predicted octanol–water partition coefficient (Wildman–Crippen LogP) is 5.03. The molecule has 1 aromatic carbocycles. The number of aryl methyl sites for hydroxylation is 1. The van der Waals surface area contributed by atoms with E-state index < -0.39 is 11.7 Å². The number of aromatic nitrogens is 2. The van der Waals surface area contributed by atoms with Crippen molar-refractivity contribution in [2.75, 3.05) is 5.32 Å². The Bertz CT molecular complexity index is 913. The van der Waals surface area contributed by atoms with Gasteiger partial charge in [-0.3, -0.25) is 10.1 Å². The van der Waals surface area contributed by atoms with E-state index in [1.165, 1.54) is 29.2 Å². The minimum absolute atomic E-state index is 0.0142. The molecule has 6 heteroatoms. The van der Waals surface area contributed by atoms with Crippen LogP contribution in [0.1, 0.15) is 35.1 Å². The summed E-state index contributed by atoms with van der Waals surface area (Å²) in [4.78, 5) is 16.7. The van der Waals surface area contributed by atoms with E-state index in [0.29, 0.717) is 5.13 Å². The van der Waals surface area contributed by atoms with E-state index in [4.69, 9.17) is 0 Å². The van der Waals surface area contributed by atoms with Gasteiger partial charge in [0.1, 0.15) is 5.82 Å². The largest absolute Gasteiger partial charge is 0.348 e. The Hall–Kier alpha value is -2.47. The third kappa shape index (κ3) is 3.49. The minimum atomic E-state index is -0.542. The van der Waals surface area contributed by atoms with Crippen molar-refractivity contribution in [1.82, 2.24) is 9.55 Å². The Labute approximate surface area is 150 Å². The van der Waals surface area contributed by atoms with E-state index in [-0.39, 0.29) is 5.56 Å². The predicted molar refractivity (Wildman–Crippen MR) is 99.7 cm³/mol. The summed E-state index contributed by atoms with van der Waals surface area (Å²) in [6, 6.07) is 8.03. The monoisotopic (exact) mass is 357 g/mol. The summed E-state index contributed by atoms with van der Waals surface area (Å²) in [5.74, 6) is -1.03. The highest BCUT2D eigenvalue weighted by atomic mass is 32.1. The van der Waals surface area contributed by atoms with Crippen LogP contribution >= 0.6 is 11.3 Å². The Morgan fingerprint density at radius 2 is 2.08 bits per heavy atom. The van der Waals surface area contributed by atoms with Gasteiger partial charge in [-0.25, -0.2) is 9.37 Å². The SMILES string of the molecule is CCCn1c(C)cc(-c2csc(NC(=O)c3ccccc3F)n2)c1C. The molecule has 4 nitrogen and oxygen atoms in total. The van der Waals surface area contributed by atoms with E-state index in [0.717, 1.165) is 29.9 Å².